The molecular formula is C20H28BrClN4O. The molecule has 1 atom stereocenters. The van der Waals surface area contributed by atoms with Crippen molar-refractivity contribution in [3.05, 3.63) is 21.8 Å². The molecule has 1 aromatic heterocycles. The average molecular weight is 456 g/mol. The van der Waals surface area contributed by atoms with Crippen LogP contribution in [0.2, 0.25) is 5.02 Å². The molecule has 1 unspecified atom stereocenters. The zero-order chi connectivity index (χ0) is 18.9. The van der Waals surface area contributed by atoms with E-state index < -0.39 is 0 Å². The third kappa shape index (κ3) is 4.37. The molecule has 27 heavy (non-hydrogen) atoms. The fraction of sp³-hybridized carbons (Fsp3) is 0.700. The maximum atomic E-state index is 12.7. The van der Waals surface area contributed by atoms with Crippen LogP contribution >= 0.6 is 27.5 Å². The average Bonchev–Trinajstić information content (AvgIpc) is 3.06. The molecule has 0 bridgehead atoms. The van der Waals surface area contributed by atoms with Crippen molar-refractivity contribution >= 4 is 39.4 Å². The molecule has 3 aliphatic rings. The monoisotopic (exact) mass is 454 g/mol. The summed E-state index contributed by atoms with van der Waals surface area (Å²) in [5, 5.41) is 3.96. The number of piperidine rings is 1. The minimum absolute atomic E-state index is 0.135. The number of likely N-dealkylation sites (tertiary alicyclic amines) is 1. The molecule has 2 amide bonds. The number of pyridine rings is 1. The number of urea groups is 1. The van der Waals surface area contributed by atoms with Crippen molar-refractivity contribution in [2.75, 3.05) is 31.1 Å². The Labute approximate surface area is 175 Å². The van der Waals surface area contributed by atoms with Crippen LogP contribution in [0.3, 0.4) is 0 Å². The van der Waals surface area contributed by atoms with Crippen LogP contribution in [-0.4, -0.2) is 48.1 Å². The first-order chi connectivity index (χ1) is 13.0. The lowest BCUT2D eigenvalue weighted by molar-refractivity contribution is 0.185. The molecule has 1 aliphatic carbocycles. The van der Waals surface area contributed by atoms with Crippen molar-refractivity contribution in [2.24, 2.45) is 5.41 Å². The molecule has 4 rings (SSSR count). The number of hydrogen-bond donors (Lipinski definition) is 1. The summed E-state index contributed by atoms with van der Waals surface area (Å²) in [4.78, 5) is 21.6. The second-order valence-electron chi connectivity index (χ2n) is 8.44. The lowest BCUT2D eigenvalue weighted by atomic mass is 9.79. The summed E-state index contributed by atoms with van der Waals surface area (Å²) in [5.41, 5.74) is 0.167. The molecular weight excluding hydrogens is 428 g/mol. The summed E-state index contributed by atoms with van der Waals surface area (Å²) in [6.45, 7) is 3.60. The van der Waals surface area contributed by atoms with E-state index in [1.165, 1.54) is 25.7 Å². The first-order valence-electron chi connectivity index (χ1n) is 10.2. The number of amides is 2. The molecule has 0 radical (unpaired) electrons. The minimum atomic E-state index is 0.135. The van der Waals surface area contributed by atoms with Gasteiger partial charge in [0.15, 0.2) is 0 Å². The fourth-order valence-corrected chi connectivity index (χ4v) is 5.73. The van der Waals surface area contributed by atoms with Gasteiger partial charge in [-0.15, -0.1) is 0 Å². The van der Waals surface area contributed by atoms with Gasteiger partial charge in [-0.1, -0.05) is 30.9 Å². The van der Waals surface area contributed by atoms with Gasteiger partial charge in [-0.3, -0.25) is 0 Å². The largest absolute Gasteiger partial charge is 0.355 e. The molecule has 1 saturated carbocycles. The maximum absolute atomic E-state index is 12.7. The number of rotatable bonds is 2. The van der Waals surface area contributed by atoms with E-state index in [4.69, 9.17) is 11.6 Å². The third-order valence-electron chi connectivity index (χ3n) is 6.41. The number of aromatic nitrogens is 1. The van der Waals surface area contributed by atoms with Crippen molar-refractivity contribution in [3.8, 4) is 0 Å². The van der Waals surface area contributed by atoms with Gasteiger partial charge in [-0.2, -0.15) is 0 Å². The zero-order valence-electron chi connectivity index (χ0n) is 15.7. The molecule has 2 aliphatic heterocycles. The zero-order valence-corrected chi connectivity index (χ0v) is 18.1. The predicted octanol–water partition coefficient (Wildman–Crippen LogP) is 4.83. The van der Waals surface area contributed by atoms with E-state index in [-0.39, 0.29) is 11.4 Å². The number of nitrogens with one attached hydrogen (secondary N) is 1. The Morgan fingerprint density at radius 1 is 1.19 bits per heavy atom. The SMILES string of the molecule is O=C(NC1CCCCC1)N1CCC2(CCCN(c3ncc(Br)cc3Cl)C2)C1. The highest BCUT2D eigenvalue weighted by atomic mass is 79.9. The molecule has 7 heteroatoms. The molecule has 0 aromatic carbocycles. The van der Waals surface area contributed by atoms with Crippen LogP contribution in [0.25, 0.3) is 0 Å². The summed E-state index contributed by atoms with van der Waals surface area (Å²) in [6, 6.07) is 2.41. The quantitative estimate of drug-likeness (QED) is 0.694. The van der Waals surface area contributed by atoms with Gasteiger partial charge in [0.2, 0.25) is 0 Å². The van der Waals surface area contributed by atoms with E-state index in [1.807, 2.05) is 11.0 Å². The van der Waals surface area contributed by atoms with Crippen LogP contribution in [0.15, 0.2) is 16.7 Å². The van der Waals surface area contributed by atoms with Crippen LogP contribution in [-0.2, 0) is 0 Å². The third-order valence-corrected chi connectivity index (χ3v) is 7.12. The standard InChI is InChI=1S/C20H28BrClN4O/c21-15-11-17(22)18(23-12-15)25-9-4-7-20(13-25)8-10-26(14-20)19(27)24-16-5-2-1-3-6-16/h11-12,16H,1-10,13-14H2,(H,24,27). The highest BCUT2D eigenvalue weighted by Gasteiger charge is 2.43. The minimum Gasteiger partial charge on any atom is -0.355 e. The van der Waals surface area contributed by atoms with Crippen LogP contribution in [0.4, 0.5) is 10.6 Å². The van der Waals surface area contributed by atoms with Crippen LogP contribution in [0, 0.1) is 5.41 Å². The second kappa shape index (κ2) is 8.16. The van der Waals surface area contributed by atoms with Crippen LogP contribution in [0.5, 0.6) is 0 Å². The van der Waals surface area contributed by atoms with Crippen LogP contribution in [0.1, 0.15) is 51.4 Å². The number of hydrogen-bond acceptors (Lipinski definition) is 3. The lowest BCUT2D eigenvalue weighted by Crippen LogP contribution is -2.48. The topological polar surface area (TPSA) is 48.5 Å². The van der Waals surface area contributed by atoms with Crippen molar-refractivity contribution in [2.45, 2.75) is 57.4 Å². The Kier molecular flexibility index (Phi) is 5.83. The first kappa shape index (κ1) is 19.3. The number of halogens is 2. The summed E-state index contributed by atoms with van der Waals surface area (Å²) < 4.78 is 0.898. The molecule has 2 saturated heterocycles. The molecule has 1 N–H and O–H groups in total. The molecule has 5 nitrogen and oxygen atoms in total. The number of anilines is 1. The summed E-state index contributed by atoms with van der Waals surface area (Å²) >= 11 is 9.86. The van der Waals surface area contributed by atoms with Crippen molar-refractivity contribution < 1.29 is 4.79 Å². The van der Waals surface area contributed by atoms with Gasteiger partial charge < -0.3 is 15.1 Å². The fourth-order valence-electron chi connectivity index (χ4n) is 4.98. The number of carbonyl (C=O) groups excluding carboxylic acids is 1. The van der Waals surface area contributed by atoms with E-state index in [9.17, 15) is 4.79 Å². The Hall–Kier alpha value is -1.01. The van der Waals surface area contributed by atoms with Crippen molar-refractivity contribution in [1.29, 1.82) is 0 Å². The maximum Gasteiger partial charge on any atom is 0.317 e. The van der Waals surface area contributed by atoms with Crippen molar-refractivity contribution in [1.82, 2.24) is 15.2 Å². The lowest BCUT2D eigenvalue weighted by Gasteiger charge is -2.41. The predicted molar refractivity (Wildman–Crippen MR) is 112 cm³/mol. The molecule has 3 heterocycles. The Morgan fingerprint density at radius 2 is 2.00 bits per heavy atom. The van der Waals surface area contributed by atoms with Gasteiger partial charge in [0.05, 0.1) is 5.02 Å². The number of carbonyl (C=O) groups is 1. The summed E-state index contributed by atoms with van der Waals surface area (Å²) in [5.74, 6) is 0.865. The highest BCUT2D eigenvalue weighted by molar-refractivity contribution is 9.10. The van der Waals surface area contributed by atoms with Gasteiger partial charge in [0.25, 0.3) is 0 Å². The van der Waals surface area contributed by atoms with Crippen LogP contribution < -0.4 is 10.2 Å². The van der Waals surface area contributed by atoms with E-state index in [0.717, 1.165) is 62.2 Å². The molecule has 3 fully saturated rings. The second-order valence-corrected chi connectivity index (χ2v) is 9.76. The van der Waals surface area contributed by atoms with Gasteiger partial charge in [-0.05, 0) is 54.1 Å². The van der Waals surface area contributed by atoms with Gasteiger partial charge in [-0.25, -0.2) is 9.78 Å². The van der Waals surface area contributed by atoms with Gasteiger partial charge in [0.1, 0.15) is 5.82 Å². The van der Waals surface area contributed by atoms with E-state index in [1.54, 1.807) is 6.20 Å². The van der Waals surface area contributed by atoms with E-state index in [2.05, 4.69) is 31.1 Å². The van der Waals surface area contributed by atoms with Crippen molar-refractivity contribution in [3.63, 3.8) is 0 Å². The first-order valence-corrected chi connectivity index (χ1v) is 11.3. The van der Waals surface area contributed by atoms with E-state index >= 15 is 0 Å². The van der Waals surface area contributed by atoms with E-state index in [0.29, 0.717) is 11.1 Å². The number of nitrogens with zero attached hydrogens (tertiary/aromatic N) is 3. The highest BCUT2D eigenvalue weighted by Crippen LogP contribution is 2.41. The molecule has 1 spiro atoms. The van der Waals surface area contributed by atoms with Gasteiger partial charge in [0, 0.05) is 48.3 Å². The van der Waals surface area contributed by atoms with Gasteiger partial charge >= 0.3 is 6.03 Å². The Bertz CT molecular complexity index is 697. The summed E-state index contributed by atoms with van der Waals surface area (Å²) in [7, 11) is 0. The normalized spacial score (nSPS) is 26.6. The smallest absolute Gasteiger partial charge is 0.317 e. The Morgan fingerprint density at radius 3 is 2.78 bits per heavy atom. The molecule has 148 valence electrons. The molecule has 1 aromatic rings. The summed E-state index contributed by atoms with van der Waals surface area (Å²) in [6.07, 6.45) is 11.2. The Balaban J connectivity index is 1.39.